The van der Waals surface area contributed by atoms with Gasteiger partial charge < -0.3 is 4.84 Å². The zero-order valence-electron chi connectivity index (χ0n) is 6.03. The Labute approximate surface area is 64.6 Å². The van der Waals surface area contributed by atoms with Gasteiger partial charge in [-0.1, -0.05) is 0 Å². The van der Waals surface area contributed by atoms with Crippen molar-refractivity contribution in [3.63, 3.8) is 0 Å². The summed E-state index contributed by atoms with van der Waals surface area (Å²) in [5.74, 6) is 0. The largest absolute Gasteiger partial charge is 0.301 e. The lowest BCUT2D eigenvalue weighted by Crippen LogP contribution is -2.11. The molecule has 1 aromatic heterocycles. The molecule has 0 aromatic carbocycles. The molecule has 2 heterocycles. The number of aromatic nitrogens is 2. The quantitative estimate of drug-likeness (QED) is 0.632. The molecule has 11 heavy (non-hydrogen) atoms. The zero-order chi connectivity index (χ0) is 7.52. The Morgan fingerprint density at radius 2 is 2.27 bits per heavy atom. The lowest BCUT2D eigenvalue weighted by atomic mass is 10.1. The first kappa shape index (κ1) is 6.69. The maximum absolute atomic E-state index is 5.01. The summed E-state index contributed by atoms with van der Waals surface area (Å²) in [6.45, 7) is 0.763. The van der Waals surface area contributed by atoms with Gasteiger partial charge in [0.25, 0.3) is 0 Å². The highest BCUT2D eigenvalue weighted by Gasteiger charge is 2.16. The first-order chi connectivity index (χ1) is 5.47. The van der Waals surface area contributed by atoms with Gasteiger partial charge in [-0.05, 0) is 6.42 Å². The van der Waals surface area contributed by atoms with Gasteiger partial charge in [0.2, 0.25) is 0 Å². The average molecular weight is 151 g/mol. The van der Waals surface area contributed by atoms with Crippen LogP contribution in [-0.4, -0.2) is 16.6 Å². The first-order valence-electron chi connectivity index (χ1n) is 3.59. The predicted molar refractivity (Wildman–Crippen MR) is 38.5 cm³/mol. The Morgan fingerprint density at radius 3 is 2.91 bits per heavy atom. The molecule has 4 heteroatoms. The minimum atomic E-state index is 0.274. The average Bonchev–Trinajstić information content (AvgIpc) is 2.58. The lowest BCUT2D eigenvalue weighted by molar-refractivity contribution is 0.0882. The summed E-state index contributed by atoms with van der Waals surface area (Å²) in [5, 5.41) is 0. The highest BCUT2D eigenvalue weighted by Crippen LogP contribution is 2.18. The summed E-state index contributed by atoms with van der Waals surface area (Å²) in [5.41, 5.74) is 3.98. The molecule has 4 nitrogen and oxygen atoms in total. The van der Waals surface area contributed by atoms with E-state index in [2.05, 4.69) is 15.4 Å². The second-order valence-corrected chi connectivity index (χ2v) is 2.48. The van der Waals surface area contributed by atoms with E-state index in [-0.39, 0.29) is 6.04 Å². The van der Waals surface area contributed by atoms with E-state index >= 15 is 0 Å². The van der Waals surface area contributed by atoms with Gasteiger partial charge in [0.05, 0.1) is 12.6 Å². The van der Waals surface area contributed by atoms with E-state index in [4.69, 9.17) is 4.84 Å². The van der Waals surface area contributed by atoms with Gasteiger partial charge in [-0.3, -0.25) is 0 Å². The summed E-state index contributed by atoms with van der Waals surface area (Å²) in [7, 11) is 0. The number of rotatable bonds is 1. The fraction of sp³-hybridized carbons (Fsp3) is 0.429. The maximum Gasteiger partial charge on any atom is 0.115 e. The fourth-order valence-corrected chi connectivity index (χ4v) is 1.12. The van der Waals surface area contributed by atoms with E-state index in [1.165, 1.54) is 6.33 Å². The Kier molecular flexibility index (Phi) is 1.79. The number of hydrogen-bond acceptors (Lipinski definition) is 4. The number of nitrogens with zero attached hydrogens (tertiary/aromatic N) is 2. The predicted octanol–water partition coefficient (Wildman–Crippen LogP) is 0.443. The molecule has 58 valence electrons. The zero-order valence-corrected chi connectivity index (χ0v) is 6.03. The molecule has 1 fully saturated rings. The van der Waals surface area contributed by atoms with Crippen LogP contribution in [0.15, 0.2) is 18.7 Å². The minimum Gasteiger partial charge on any atom is -0.301 e. The molecule has 1 N–H and O–H groups in total. The van der Waals surface area contributed by atoms with Crippen LogP contribution >= 0.6 is 0 Å². The monoisotopic (exact) mass is 151 g/mol. The Bertz CT molecular complexity index is 220. The second-order valence-electron chi connectivity index (χ2n) is 2.48. The van der Waals surface area contributed by atoms with Crippen molar-refractivity contribution in [1.82, 2.24) is 15.4 Å². The van der Waals surface area contributed by atoms with Crippen LogP contribution in [0.1, 0.15) is 18.0 Å². The highest BCUT2D eigenvalue weighted by atomic mass is 16.7. The van der Waals surface area contributed by atoms with E-state index in [1.807, 2.05) is 0 Å². The molecule has 2 rings (SSSR count). The molecule has 0 bridgehead atoms. The van der Waals surface area contributed by atoms with Crippen LogP contribution in [0.25, 0.3) is 0 Å². The molecule has 1 aliphatic heterocycles. The van der Waals surface area contributed by atoms with Crippen LogP contribution in [0, 0.1) is 0 Å². The third-order valence-corrected chi connectivity index (χ3v) is 1.72. The summed E-state index contributed by atoms with van der Waals surface area (Å²) >= 11 is 0. The van der Waals surface area contributed by atoms with E-state index in [1.54, 1.807) is 12.4 Å². The fourth-order valence-electron chi connectivity index (χ4n) is 1.12. The van der Waals surface area contributed by atoms with E-state index < -0.39 is 0 Å². The Balaban J connectivity index is 2.16. The van der Waals surface area contributed by atoms with E-state index in [9.17, 15) is 0 Å². The van der Waals surface area contributed by atoms with Crippen molar-refractivity contribution >= 4 is 0 Å². The smallest absolute Gasteiger partial charge is 0.115 e. The summed E-state index contributed by atoms with van der Waals surface area (Å²) < 4.78 is 0. The Morgan fingerprint density at radius 1 is 1.45 bits per heavy atom. The van der Waals surface area contributed by atoms with Gasteiger partial charge in [0.1, 0.15) is 6.33 Å². The SMILES string of the molecule is c1ncc(C2CCON2)cn1. The molecular weight excluding hydrogens is 142 g/mol. The molecule has 0 spiro atoms. The van der Waals surface area contributed by atoms with E-state index in [0.717, 1.165) is 18.6 Å². The topological polar surface area (TPSA) is 47.0 Å². The van der Waals surface area contributed by atoms with Crippen molar-refractivity contribution in [2.24, 2.45) is 0 Å². The molecule has 1 saturated heterocycles. The molecule has 1 atom stereocenters. The molecule has 0 radical (unpaired) electrons. The molecule has 1 unspecified atom stereocenters. The second kappa shape index (κ2) is 2.94. The highest BCUT2D eigenvalue weighted by molar-refractivity contribution is 5.08. The maximum atomic E-state index is 5.01. The van der Waals surface area contributed by atoms with Crippen molar-refractivity contribution in [3.8, 4) is 0 Å². The van der Waals surface area contributed by atoms with Crippen LogP contribution in [0.2, 0.25) is 0 Å². The molecule has 0 saturated carbocycles. The van der Waals surface area contributed by atoms with Crippen LogP contribution in [0.5, 0.6) is 0 Å². The minimum absolute atomic E-state index is 0.274. The lowest BCUT2D eigenvalue weighted by Gasteiger charge is -2.05. The molecule has 0 amide bonds. The van der Waals surface area contributed by atoms with E-state index in [0.29, 0.717) is 0 Å². The van der Waals surface area contributed by atoms with Gasteiger partial charge in [-0.25, -0.2) is 9.97 Å². The van der Waals surface area contributed by atoms with Gasteiger partial charge in [-0.2, -0.15) is 5.48 Å². The normalized spacial score (nSPS) is 23.8. The van der Waals surface area contributed by atoms with Gasteiger partial charge >= 0.3 is 0 Å². The summed E-state index contributed by atoms with van der Waals surface area (Å²) in [6, 6.07) is 0.274. The number of hydroxylamine groups is 1. The summed E-state index contributed by atoms with van der Waals surface area (Å²) in [6.07, 6.45) is 6.13. The number of hydrogen-bond donors (Lipinski definition) is 1. The first-order valence-corrected chi connectivity index (χ1v) is 3.59. The third-order valence-electron chi connectivity index (χ3n) is 1.72. The summed E-state index contributed by atoms with van der Waals surface area (Å²) in [4.78, 5) is 12.9. The van der Waals surface area contributed by atoms with Crippen molar-refractivity contribution < 1.29 is 4.84 Å². The van der Waals surface area contributed by atoms with Gasteiger partial charge in [0, 0.05) is 18.0 Å². The van der Waals surface area contributed by atoms with Crippen molar-refractivity contribution in [2.45, 2.75) is 12.5 Å². The molecule has 1 aliphatic rings. The molecule has 1 aromatic rings. The Hall–Kier alpha value is -1.00. The molecule has 0 aliphatic carbocycles. The van der Waals surface area contributed by atoms with Crippen LogP contribution in [0.3, 0.4) is 0 Å². The van der Waals surface area contributed by atoms with Crippen LogP contribution in [0.4, 0.5) is 0 Å². The molecular formula is C7H9N3O. The van der Waals surface area contributed by atoms with Crippen LogP contribution < -0.4 is 5.48 Å². The van der Waals surface area contributed by atoms with Gasteiger partial charge in [0.15, 0.2) is 0 Å². The van der Waals surface area contributed by atoms with Crippen molar-refractivity contribution in [1.29, 1.82) is 0 Å². The third kappa shape index (κ3) is 1.36. The van der Waals surface area contributed by atoms with Crippen LogP contribution in [-0.2, 0) is 4.84 Å². The van der Waals surface area contributed by atoms with Crippen molar-refractivity contribution in [2.75, 3.05) is 6.61 Å². The van der Waals surface area contributed by atoms with Crippen molar-refractivity contribution in [3.05, 3.63) is 24.3 Å². The van der Waals surface area contributed by atoms with Gasteiger partial charge in [-0.15, -0.1) is 0 Å². The number of nitrogens with one attached hydrogen (secondary N) is 1. The standard InChI is InChI=1S/C7H9N3O/c1-2-11-10-7(1)6-3-8-5-9-4-6/h3-5,7,10H,1-2H2.